The van der Waals surface area contributed by atoms with Crippen LogP contribution in [0.25, 0.3) is 32.7 Å². The maximum atomic E-state index is 12.5. The minimum absolute atomic E-state index is 0.222. The molecule has 0 saturated heterocycles. The number of nitrogens with one attached hydrogen (secondary N) is 2. The van der Waals surface area contributed by atoms with Gasteiger partial charge in [-0.2, -0.15) is 0 Å². The molecule has 0 saturated carbocycles. The number of hydrogen-bond acceptors (Lipinski definition) is 5. The van der Waals surface area contributed by atoms with E-state index in [1.54, 1.807) is 24.4 Å². The molecule has 2 N–H and O–H groups in total. The van der Waals surface area contributed by atoms with Crippen LogP contribution in [0.1, 0.15) is 0 Å². The SMILES string of the molecule is CN(C)S(=O)(=O)c1cccc(Nc2nc3[nH]c4ccncc4c3c3ccccc23)c1. The third-order valence-electron chi connectivity index (χ3n) is 5.13. The molecule has 3 aromatic heterocycles. The first-order valence-electron chi connectivity index (χ1n) is 9.39. The van der Waals surface area contributed by atoms with E-state index in [9.17, 15) is 8.42 Å². The molecule has 0 radical (unpaired) electrons. The number of fused-ring (bicyclic) bond motifs is 5. The summed E-state index contributed by atoms with van der Waals surface area (Å²) in [6.45, 7) is 0. The van der Waals surface area contributed by atoms with Gasteiger partial charge in [0.1, 0.15) is 11.5 Å². The second-order valence-electron chi connectivity index (χ2n) is 7.22. The third kappa shape index (κ3) is 2.89. The number of aromatic nitrogens is 3. The summed E-state index contributed by atoms with van der Waals surface area (Å²) < 4.78 is 26.2. The number of aromatic amines is 1. The third-order valence-corrected chi connectivity index (χ3v) is 6.94. The number of nitrogens with zero attached hydrogens (tertiary/aromatic N) is 3. The standard InChI is InChI=1S/C22H19N5O2S/c1-27(2)30(28,29)15-7-5-6-14(12-15)24-21-17-9-4-3-8-16(17)20-18-13-23-11-10-19(18)25-22(20)26-21/h3-13H,1-2H3,(H2,24,25,26). The molecule has 0 aliphatic rings. The summed E-state index contributed by atoms with van der Waals surface area (Å²) in [5.74, 6) is 0.650. The second kappa shape index (κ2) is 6.79. The van der Waals surface area contributed by atoms with Crippen LogP contribution in [0.4, 0.5) is 11.5 Å². The van der Waals surface area contributed by atoms with Gasteiger partial charge in [-0.25, -0.2) is 17.7 Å². The fraction of sp³-hybridized carbons (Fsp3) is 0.0909. The Morgan fingerprint density at radius 3 is 2.57 bits per heavy atom. The molecule has 8 heteroatoms. The number of benzene rings is 2. The summed E-state index contributed by atoms with van der Waals surface area (Å²) in [6.07, 6.45) is 3.58. The molecule has 3 heterocycles. The van der Waals surface area contributed by atoms with Crippen molar-refractivity contribution in [2.24, 2.45) is 0 Å². The van der Waals surface area contributed by atoms with Gasteiger partial charge in [-0.05, 0) is 29.7 Å². The molecule has 30 heavy (non-hydrogen) atoms. The number of anilines is 2. The van der Waals surface area contributed by atoms with Crippen molar-refractivity contribution >= 4 is 54.2 Å². The minimum atomic E-state index is -3.53. The van der Waals surface area contributed by atoms with Crippen molar-refractivity contribution in [3.05, 3.63) is 67.0 Å². The van der Waals surface area contributed by atoms with Gasteiger partial charge in [0, 0.05) is 48.3 Å². The lowest BCUT2D eigenvalue weighted by Crippen LogP contribution is -2.22. The second-order valence-corrected chi connectivity index (χ2v) is 9.37. The monoisotopic (exact) mass is 417 g/mol. The maximum absolute atomic E-state index is 12.5. The lowest BCUT2D eigenvalue weighted by atomic mass is 10.1. The van der Waals surface area contributed by atoms with Crippen molar-refractivity contribution in [3.63, 3.8) is 0 Å². The number of H-pyrrole nitrogens is 1. The molecule has 0 fully saturated rings. The fourth-order valence-electron chi connectivity index (χ4n) is 3.63. The van der Waals surface area contributed by atoms with Crippen molar-refractivity contribution in [2.75, 3.05) is 19.4 Å². The van der Waals surface area contributed by atoms with Gasteiger partial charge in [-0.1, -0.05) is 30.3 Å². The van der Waals surface area contributed by atoms with Crippen LogP contribution < -0.4 is 5.32 Å². The molecule has 5 rings (SSSR count). The number of sulfonamides is 1. The molecule has 0 aliphatic heterocycles. The number of rotatable bonds is 4. The average Bonchev–Trinajstić information content (AvgIpc) is 3.12. The van der Waals surface area contributed by atoms with E-state index in [2.05, 4.69) is 21.4 Å². The predicted octanol–water partition coefficient (Wildman–Crippen LogP) is 4.26. The van der Waals surface area contributed by atoms with Crippen LogP contribution in [0.3, 0.4) is 0 Å². The Balaban J connectivity index is 1.69. The first-order chi connectivity index (χ1) is 14.4. The fourth-order valence-corrected chi connectivity index (χ4v) is 4.58. The highest BCUT2D eigenvalue weighted by atomic mass is 32.2. The van der Waals surface area contributed by atoms with Crippen molar-refractivity contribution in [1.29, 1.82) is 0 Å². The first kappa shape index (κ1) is 18.5. The van der Waals surface area contributed by atoms with Crippen LogP contribution in [0.15, 0.2) is 71.9 Å². The van der Waals surface area contributed by atoms with Crippen molar-refractivity contribution < 1.29 is 8.42 Å². The molecule has 0 bridgehead atoms. The topological polar surface area (TPSA) is 91.0 Å². The van der Waals surface area contributed by atoms with E-state index < -0.39 is 10.0 Å². The van der Waals surface area contributed by atoms with Gasteiger partial charge in [0.05, 0.1) is 10.4 Å². The van der Waals surface area contributed by atoms with E-state index in [0.717, 1.165) is 32.7 Å². The summed E-state index contributed by atoms with van der Waals surface area (Å²) in [4.78, 5) is 12.6. The van der Waals surface area contributed by atoms with Crippen LogP contribution in [-0.4, -0.2) is 41.8 Å². The summed E-state index contributed by atoms with van der Waals surface area (Å²) in [5.41, 5.74) is 2.36. The van der Waals surface area contributed by atoms with Gasteiger partial charge < -0.3 is 10.3 Å². The average molecular weight is 417 g/mol. The molecule has 0 aliphatic carbocycles. The Kier molecular flexibility index (Phi) is 4.19. The molecule has 0 spiro atoms. The maximum Gasteiger partial charge on any atom is 0.242 e. The normalized spacial score (nSPS) is 12.2. The molecular formula is C22H19N5O2S. The van der Waals surface area contributed by atoms with Gasteiger partial charge in [-0.15, -0.1) is 0 Å². The quantitative estimate of drug-likeness (QED) is 0.456. The number of pyridine rings is 2. The zero-order chi connectivity index (χ0) is 20.9. The highest BCUT2D eigenvalue weighted by Gasteiger charge is 2.18. The zero-order valence-electron chi connectivity index (χ0n) is 16.4. The highest BCUT2D eigenvalue weighted by Crippen LogP contribution is 2.35. The lowest BCUT2D eigenvalue weighted by molar-refractivity contribution is 0.521. The Bertz CT molecular complexity index is 1520. The van der Waals surface area contributed by atoms with Crippen molar-refractivity contribution in [3.8, 4) is 0 Å². The largest absolute Gasteiger partial charge is 0.340 e. The van der Waals surface area contributed by atoms with E-state index in [0.29, 0.717) is 11.5 Å². The van der Waals surface area contributed by atoms with Crippen LogP contribution in [0.2, 0.25) is 0 Å². The Hall–Kier alpha value is -3.49. The van der Waals surface area contributed by atoms with Crippen molar-refractivity contribution in [2.45, 2.75) is 4.90 Å². The molecule has 0 unspecified atom stereocenters. The van der Waals surface area contributed by atoms with Gasteiger partial charge in [0.15, 0.2) is 0 Å². The van der Waals surface area contributed by atoms with E-state index >= 15 is 0 Å². The van der Waals surface area contributed by atoms with E-state index in [4.69, 9.17) is 4.98 Å². The van der Waals surface area contributed by atoms with Crippen LogP contribution in [-0.2, 0) is 10.0 Å². The van der Waals surface area contributed by atoms with E-state index in [1.807, 2.05) is 36.5 Å². The highest BCUT2D eigenvalue weighted by molar-refractivity contribution is 7.89. The molecule has 2 aromatic carbocycles. The van der Waals surface area contributed by atoms with Crippen LogP contribution in [0, 0.1) is 0 Å². The molecule has 7 nitrogen and oxygen atoms in total. The van der Waals surface area contributed by atoms with Gasteiger partial charge >= 0.3 is 0 Å². The van der Waals surface area contributed by atoms with E-state index in [-0.39, 0.29) is 4.90 Å². The number of hydrogen-bond donors (Lipinski definition) is 2. The smallest absolute Gasteiger partial charge is 0.242 e. The lowest BCUT2D eigenvalue weighted by Gasteiger charge is -2.14. The summed E-state index contributed by atoms with van der Waals surface area (Å²) in [5, 5.41) is 7.32. The molecule has 0 amide bonds. The summed E-state index contributed by atoms with van der Waals surface area (Å²) >= 11 is 0. The molecular weight excluding hydrogens is 398 g/mol. The molecule has 0 atom stereocenters. The first-order valence-corrected chi connectivity index (χ1v) is 10.8. The predicted molar refractivity (Wildman–Crippen MR) is 119 cm³/mol. The Morgan fingerprint density at radius 1 is 0.967 bits per heavy atom. The van der Waals surface area contributed by atoms with E-state index in [1.165, 1.54) is 18.4 Å². The van der Waals surface area contributed by atoms with Gasteiger partial charge in [-0.3, -0.25) is 4.98 Å². The zero-order valence-corrected chi connectivity index (χ0v) is 17.2. The Labute approximate surface area is 173 Å². The molecule has 150 valence electrons. The van der Waals surface area contributed by atoms with Crippen LogP contribution in [0.5, 0.6) is 0 Å². The summed E-state index contributed by atoms with van der Waals surface area (Å²) in [7, 11) is -0.492. The van der Waals surface area contributed by atoms with Gasteiger partial charge in [0.25, 0.3) is 0 Å². The molecule has 5 aromatic rings. The Morgan fingerprint density at radius 2 is 1.77 bits per heavy atom. The van der Waals surface area contributed by atoms with Gasteiger partial charge in [0.2, 0.25) is 10.0 Å². The summed E-state index contributed by atoms with van der Waals surface area (Å²) in [6, 6.07) is 16.7. The van der Waals surface area contributed by atoms with Crippen molar-refractivity contribution in [1.82, 2.24) is 19.3 Å². The van der Waals surface area contributed by atoms with Crippen LogP contribution >= 0.6 is 0 Å². The minimum Gasteiger partial charge on any atom is -0.340 e.